The Morgan fingerprint density at radius 1 is 1.15 bits per heavy atom. The molecule has 20 heavy (non-hydrogen) atoms. The van der Waals surface area contributed by atoms with Crippen LogP contribution in [0.1, 0.15) is 32.1 Å². The van der Waals surface area contributed by atoms with Crippen molar-refractivity contribution in [3.8, 4) is 11.5 Å². The lowest BCUT2D eigenvalue weighted by Gasteiger charge is -2.11. The molecule has 1 aliphatic rings. The number of rotatable bonds is 7. The van der Waals surface area contributed by atoms with Gasteiger partial charge in [-0.25, -0.2) is 0 Å². The fraction of sp³-hybridized carbons (Fsp3) is 0.533. The van der Waals surface area contributed by atoms with Crippen molar-refractivity contribution >= 4 is 11.7 Å². The maximum absolute atomic E-state index is 10.4. The molecule has 0 radical (unpaired) electrons. The van der Waals surface area contributed by atoms with Crippen LogP contribution < -0.4 is 14.8 Å². The zero-order valence-corrected chi connectivity index (χ0v) is 11.6. The van der Waals surface area contributed by atoms with E-state index in [1.807, 2.05) is 18.2 Å². The molecule has 0 fully saturated rings. The van der Waals surface area contributed by atoms with E-state index in [-0.39, 0.29) is 6.42 Å². The van der Waals surface area contributed by atoms with Crippen LogP contribution in [0.25, 0.3) is 0 Å². The first kappa shape index (κ1) is 14.5. The highest BCUT2D eigenvalue weighted by Crippen LogP contribution is 2.32. The van der Waals surface area contributed by atoms with Crippen molar-refractivity contribution in [1.82, 2.24) is 0 Å². The largest absolute Gasteiger partial charge is 0.490 e. The molecule has 0 atom stereocenters. The highest BCUT2D eigenvalue weighted by Gasteiger charge is 2.10. The van der Waals surface area contributed by atoms with E-state index in [4.69, 9.17) is 14.6 Å². The molecule has 1 aromatic carbocycles. The second-order valence-electron chi connectivity index (χ2n) is 4.84. The third-order valence-electron chi connectivity index (χ3n) is 3.14. The molecular weight excluding hydrogens is 258 g/mol. The van der Waals surface area contributed by atoms with Crippen LogP contribution in [0, 0.1) is 0 Å². The van der Waals surface area contributed by atoms with Gasteiger partial charge in [0.05, 0.1) is 13.2 Å². The fourth-order valence-corrected chi connectivity index (χ4v) is 2.08. The second kappa shape index (κ2) is 7.62. The van der Waals surface area contributed by atoms with Gasteiger partial charge in [0.2, 0.25) is 0 Å². The molecule has 2 rings (SSSR count). The maximum Gasteiger partial charge on any atom is 0.303 e. The molecule has 0 spiro atoms. The zero-order valence-electron chi connectivity index (χ0n) is 11.6. The van der Waals surface area contributed by atoms with Gasteiger partial charge in [0.1, 0.15) is 0 Å². The lowest BCUT2D eigenvalue weighted by atomic mass is 10.2. The van der Waals surface area contributed by atoms with E-state index in [9.17, 15) is 4.79 Å². The van der Waals surface area contributed by atoms with Gasteiger partial charge >= 0.3 is 5.97 Å². The lowest BCUT2D eigenvalue weighted by Crippen LogP contribution is -2.03. The van der Waals surface area contributed by atoms with Gasteiger partial charge in [0, 0.05) is 31.1 Å². The van der Waals surface area contributed by atoms with Crippen molar-refractivity contribution in [1.29, 1.82) is 0 Å². The Labute approximate surface area is 118 Å². The number of carboxylic acid groups (broad SMARTS) is 1. The van der Waals surface area contributed by atoms with Gasteiger partial charge in [-0.15, -0.1) is 0 Å². The normalized spacial score (nSPS) is 13.6. The molecule has 0 saturated carbocycles. The van der Waals surface area contributed by atoms with Gasteiger partial charge in [-0.05, 0) is 25.0 Å². The standard InChI is InChI=1S/C15H21NO4/c17-15(18)5-2-1-3-8-16-12-6-7-13-14(11-12)20-10-4-9-19-13/h6-7,11,16H,1-5,8-10H2,(H,17,18). The number of fused-ring (bicyclic) bond motifs is 1. The minimum absolute atomic E-state index is 0.254. The number of nitrogens with one attached hydrogen (secondary N) is 1. The van der Waals surface area contributed by atoms with Crippen LogP contribution in [-0.2, 0) is 4.79 Å². The minimum atomic E-state index is -0.721. The Balaban J connectivity index is 1.73. The molecule has 5 heteroatoms. The number of ether oxygens (including phenoxy) is 2. The average molecular weight is 279 g/mol. The highest BCUT2D eigenvalue weighted by molar-refractivity contribution is 5.66. The second-order valence-corrected chi connectivity index (χ2v) is 4.84. The van der Waals surface area contributed by atoms with E-state index in [0.29, 0.717) is 13.2 Å². The molecular formula is C15H21NO4. The number of anilines is 1. The number of hydrogen-bond donors (Lipinski definition) is 2. The number of hydrogen-bond acceptors (Lipinski definition) is 4. The number of unbranched alkanes of at least 4 members (excludes halogenated alkanes) is 2. The first-order valence-corrected chi connectivity index (χ1v) is 7.11. The summed E-state index contributed by atoms with van der Waals surface area (Å²) in [6, 6.07) is 5.86. The third kappa shape index (κ3) is 4.64. The Morgan fingerprint density at radius 2 is 1.95 bits per heavy atom. The molecule has 1 aliphatic heterocycles. The molecule has 0 aromatic heterocycles. The topological polar surface area (TPSA) is 67.8 Å². The summed E-state index contributed by atoms with van der Waals surface area (Å²) in [7, 11) is 0. The molecule has 110 valence electrons. The van der Waals surface area contributed by atoms with E-state index in [1.54, 1.807) is 0 Å². The molecule has 1 aromatic rings. The van der Waals surface area contributed by atoms with Crippen molar-refractivity contribution in [2.75, 3.05) is 25.1 Å². The van der Waals surface area contributed by atoms with Crippen LogP contribution in [0.3, 0.4) is 0 Å². The van der Waals surface area contributed by atoms with E-state index >= 15 is 0 Å². The van der Waals surface area contributed by atoms with Gasteiger partial charge in [-0.2, -0.15) is 0 Å². The summed E-state index contributed by atoms with van der Waals surface area (Å²) >= 11 is 0. The molecule has 5 nitrogen and oxygen atoms in total. The van der Waals surface area contributed by atoms with E-state index < -0.39 is 5.97 Å². The fourth-order valence-electron chi connectivity index (χ4n) is 2.08. The van der Waals surface area contributed by atoms with E-state index in [0.717, 1.165) is 49.4 Å². The van der Waals surface area contributed by atoms with Crippen LogP contribution in [0.2, 0.25) is 0 Å². The van der Waals surface area contributed by atoms with Gasteiger partial charge in [0.25, 0.3) is 0 Å². The Morgan fingerprint density at radius 3 is 2.75 bits per heavy atom. The summed E-state index contributed by atoms with van der Waals surface area (Å²) in [5.74, 6) is 0.869. The van der Waals surface area contributed by atoms with Crippen LogP contribution in [0.4, 0.5) is 5.69 Å². The monoisotopic (exact) mass is 279 g/mol. The third-order valence-corrected chi connectivity index (χ3v) is 3.14. The summed E-state index contributed by atoms with van der Waals surface area (Å²) < 4.78 is 11.2. The van der Waals surface area contributed by atoms with Crippen molar-refractivity contribution in [3.63, 3.8) is 0 Å². The van der Waals surface area contributed by atoms with Crippen molar-refractivity contribution in [3.05, 3.63) is 18.2 Å². The van der Waals surface area contributed by atoms with Crippen LogP contribution in [-0.4, -0.2) is 30.8 Å². The van der Waals surface area contributed by atoms with Crippen LogP contribution in [0.15, 0.2) is 18.2 Å². The van der Waals surface area contributed by atoms with Crippen LogP contribution in [0.5, 0.6) is 11.5 Å². The Hall–Kier alpha value is -1.91. The molecule has 2 N–H and O–H groups in total. The van der Waals surface area contributed by atoms with Crippen molar-refractivity contribution in [2.24, 2.45) is 0 Å². The molecule has 0 aliphatic carbocycles. The average Bonchev–Trinajstić information content (AvgIpc) is 2.67. The molecule has 0 unspecified atom stereocenters. The number of carbonyl (C=O) groups is 1. The zero-order chi connectivity index (χ0) is 14.2. The lowest BCUT2D eigenvalue weighted by molar-refractivity contribution is -0.137. The molecule has 0 saturated heterocycles. The SMILES string of the molecule is O=C(O)CCCCCNc1ccc2c(c1)OCCCO2. The smallest absolute Gasteiger partial charge is 0.303 e. The number of carboxylic acids is 1. The Bertz CT molecular complexity index is 447. The summed E-state index contributed by atoms with van der Waals surface area (Å²) in [5, 5.41) is 11.9. The number of benzene rings is 1. The first-order chi connectivity index (χ1) is 9.75. The Kier molecular flexibility index (Phi) is 5.53. The highest BCUT2D eigenvalue weighted by atomic mass is 16.5. The predicted molar refractivity (Wildman–Crippen MR) is 76.6 cm³/mol. The molecule has 0 bridgehead atoms. The van der Waals surface area contributed by atoms with Crippen molar-refractivity contribution < 1.29 is 19.4 Å². The summed E-state index contributed by atoms with van der Waals surface area (Å²) in [4.78, 5) is 10.4. The summed E-state index contributed by atoms with van der Waals surface area (Å²) in [6.45, 7) is 2.22. The van der Waals surface area contributed by atoms with Crippen LogP contribution >= 0.6 is 0 Å². The minimum Gasteiger partial charge on any atom is -0.490 e. The first-order valence-electron chi connectivity index (χ1n) is 7.11. The van der Waals surface area contributed by atoms with E-state index in [1.165, 1.54) is 0 Å². The number of aliphatic carboxylic acids is 1. The quantitative estimate of drug-likeness (QED) is 0.751. The van der Waals surface area contributed by atoms with E-state index in [2.05, 4.69) is 5.32 Å². The predicted octanol–water partition coefficient (Wildman–Crippen LogP) is 2.90. The molecule has 0 amide bonds. The van der Waals surface area contributed by atoms with Gasteiger partial charge in [-0.1, -0.05) is 6.42 Å². The summed E-state index contributed by atoms with van der Waals surface area (Å²) in [6.07, 6.45) is 3.77. The van der Waals surface area contributed by atoms with Gasteiger partial charge < -0.3 is 19.9 Å². The van der Waals surface area contributed by atoms with Crippen molar-refractivity contribution in [2.45, 2.75) is 32.1 Å². The maximum atomic E-state index is 10.4. The van der Waals surface area contributed by atoms with Gasteiger partial charge in [0.15, 0.2) is 11.5 Å². The molecule has 1 heterocycles. The van der Waals surface area contributed by atoms with Gasteiger partial charge in [-0.3, -0.25) is 4.79 Å². The summed E-state index contributed by atoms with van der Waals surface area (Å²) in [5.41, 5.74) is 1.01.